The van der Waals surface area contributed by atoms with E-state index in [-0.39, 0.29) is 5.78 Å². The Morgan fingerprint density at radius 3 is 2.09 bits per heavy atom. The van der Waals surface area contributed by atoms with Gasteiger partial charge in [0.2, 0.25) is 0 Å². The second-order valence-corrected chi connectivity index (χ2v) is 5.71. The van der Waals surface area contributed by atoms with Gasteiger partial charge in [-0.2, -0.15) is 0 Å². The highest BCUT2D eigenvalue weighted by atomic mass is 35.5. The van der Waals surface area contributed by atoms with Gasteiger partial charge in [-0.05, 0) is 55.0 Å². The fourth-order valence-corrected chi connectivity index (χ4v) is 2.32. The van der Waals surface area contributed by atoms with E-state index in [1.165, 1.54) is 19.3 Å². The van der Waals surface area contributed by atoms with Crippen molar-refractivity contribution >= 4 is 17.4 Å². The number of rotatable bonds is 8. The summed E-state index contributed by atoms with van der Waals surface area (Å²) < 4.78 is 5.68. The number of hydrogen-bond acceptors (Lipinski definition) is 2. The molecule has 0 spiro atoms. The fraction of sp³-hybridized carbons (Fsp3) is 0.316. The summed E-state index contributed by atoms with van der Waals surface area (Å²) in [5, 5.41) is 0.628. The van der Waals surface area contributed by atoms with E-state index < -0.39 is 0 Å². The highest BCUT2D eigenvalue weighted by molar-refractivity contribution is 6.30. The number of benzene rings is 2. The van der Waals surface area contributed by atoms with Gasteiger partial charge in [0.05, 0.1) is 6.61 Å². The van der Waals surface area contributed by atoms with E-state index in [0.29, 0.717) is 16.1 Å². The van der Waals surface area contributed by atoms with Crippen molar-refractivity contribution in [2.75, 3.05) is 6.61 Å². The van der Waals surface area contributed by atoms with E-state index >= 15 is 0 Å². The lowest BCUT2D eigenvalue weighted by atomic mass is 10.0. The first kappa shape index (κ1) is 16.6. The molecule has 0 bridgehead atoms. The van der Waals surface area contributed by atoms with Gasteiger partial charge in [-0.15, -0.1) is 0 Å². The third kappa shape index (κ3) is 4.88. The van der Waals surface area contributed by atoms with E-state index in [9.17, 15) is 4.79 Å². The zero-order valence-corrected chi connectivity index (χ0v) is 13.6. The standard InChI is InChI=1S/C19H21ClO2/c1-2-3-4-5-14-22-18-12-8-16(9-13-18)19(21)15-6-10-17(20)11-7-15/h6-13H,2-5,14H2,1H3. The van der Waals surface area contributed by atoms with Gasteiger partial charge in [0, 0.05) is 16.1 Å². The summed E-state index contributed by atoms with van der Waals surface area (Å²) in [7, 11) is 0. The Kier molecular flexibility index (Phi) is 6.47. The molecule has 0 atom stereocenters. The number of carbonyl (C=O) groups excluding carboxylic acids is 1. The molecular formula is C19H21ClO2. The maximum Gasteiger partial charge on any atom is 0.193 e. The quantitative estimate of drug-likeness (QED) is 0.473. The summed E-state index contributed by atoms with van der Waals surface area (Å²) >= 11 is 5.84. The third-order valence-corrected chi connectivity index (χ3v) is 3.74. The molecule has 0 fully saturated rings. The average molecular weight is 317 g/mol. The molecule has 2 rings (SSSR count). The van der Waals surface area contributed by atoms with Crippen LogP contribution in [0.25, 0.3) is 0 Å². The maximum atomic E-state index is 12.3. The number of ether oxygens (including phenoxy) is 1. The topological polar surface area (TPSA) is 26.3 Å². The van der Waals surface area contributed by atoms with Gasteiger partial charge in [-0.25, -0.2) is 0 Å². The first-order valence-electron chi connectivity index (χ1n) is 7.74. The van der Waals surface area contributed by atoms with Crippen LogP contribution in [0, 0.1) is 0 Å². The van der Waals surface area contributed by atoms with Crippen LogP contribution in [0.1, 0.15) is 48.5 Å². The Morgan fingerprint density at radius 1 is 0.909 bits per heavy atom. The SMILES string of the molecule is CCCCCCOc1ccc(C(=O)c2ccc(Cl)cc2)cc1. The zero-order chi connectivity index (χ0) is 15.8. The van der Waals surface area contributed by atoms with Crippen molar-refractivity contribution in [3.8, 4) is 5.75 Å². The molecule has 0 heterocycles. The summed E-state index contributed by atoms with van der Waals surface area (Å²) in [4.78, 5) is 12.3. The molecule has 0 saturated heterocycles. The van der Waals surface area contributed by atoms with Crippen molar-refractivity contribution in [2.24, 2.45) is 0 Å². The molecule has 2 aromatic rings. The Bertz CT molecular complexity index is 588. The Labute approximate surface area is 137 Å². The third-order valence-electron chi connectivity index (χ3n) is 3.49. The highest BCUT2D eigenvalue weighted by Gasteiger charge is 2.08. The van der Waals surface area contributed by atoms with E-state index in [1.807, 2.05) is 12.1 Å². The summed E-state index contributed by atoms with van der Waals surface area (Å²) in [5.74, 6) is 0.801. The minimum absolute atomic E-state index is 0.00818. The lowest BCUT2D eigenvalue weighted by Crippen LogP contribution is -2.02. The minimum Gasteiger partial charge on any atom is -0.494 e. The number of carbonyl (C=O) groups is 1. The molecule has 0 saturated carbocycles. The normalized spacial score (nSPS) is 10.5. The number of ketones is 1. The maximum absolute atomic E-state index is 12.3. The zero-order valence-electron chi connectivity index (χ0n) is 12.8. The Hall–Kier alpha value is -1.80. The average Bonchev–Trinajstić information content (AvgIpc) is 2.55. The molecule has 0 N–H and O–H groups in total. The predicted molar refractivity (Wildman–Crippen MR) is 91.0 cm³/mol. The first-order chi connectivity index (χ1) is 10.7. The molecule has 0 aromatic heterocycles. The van der Waals surface area contributed by atoms with E-state index in [1.54, 1.807) is 36.4 Å². The van der Waals surface area contributed by atoms with Crippen molar-refractivity contribution in [3.63, 3.8) is 0 Å². The Balaban J connectivity index is 1.91. The van der Waals surface area contributed by atoms with E-state index in [4.69, 9.17) is 16.3 Å². The summed E-state index contributed by atoms with van der Waals surface area (Å²) in [6, 6.07) is 14.2. The van der Waals surface area contributed by atoms with Gasteiger partial charge in [0.25, 0.3) is 0 Å². The van der Waals surface area contributed by atoms with Crippen molar-refractivity contribution in [3.05, 3.63) is 64.7 Å². The molecule has 0 radical (unpaired) electrons. The number of unbranched alkanes of at least 4 members (excludes halogenated alkanes) is 3. The van der Waals surface area contributed by atoms with Crippen LogP contribution in [-0.4, -0.2) is 12.4 Å². The van der Waals surface area contributed by atoms with Crippen LogP contribution in [0.5, 0.6) is 5.75 Å². The van der Waals surface area contributed by atoms with Crippen LogP contribution in [0.2, 0.25) is 5.02 Å². The second kappa shape index (κ2) is 8.60. The summed E-state index contributed by atoms with van der Waals surface area (Å²) in [6.07, 6.45) is 4.74. The predicted octanol–water partition coefficient (Wildman–Crippen LogP) is 5.53. The van der Waals surface area contributed by atoms with Crippen molar-refractivity contribution in [2.45, 2.75) is 32.6 Å². The second-order valence-electron chi connectivity index (χ2n) is 5.27. The van der Waals surface area contributed by atoms with Gasteiger partial charge in [-0.1, -0.05) is 37.8 Å². The van der Waals surface area contributed by atoms with Crippen LogP contribution in [0.3, 0.4) is 0 Å². The van der Waals surface area contributed by atoms with Gasteiger partial charge in [0.1, 0.15) is 5.75 Å². The number of halogens is 1. The lowest BCUT2D eigenvalue weighted by molar-refractivity contribution is 0.103. The number of hydrogen-bond donors (Lipinski definition) is 0. The highest BCUT2D eigenvalue weighted by Crippen LogP contribution is 2.17. The molecule has 0 amide bonds. The van der Waals surface area contributed by atoms with Gasteiger partial charge >= 0.3 is 0 Å². The molecule has 22 heavy (non-hydrogen) atoms. The molecule has 116 valence electrons. The van der Waals surface area contributed by atoms with Crippen LogP contribution in [0.4, 0.5) is 0 Å². The molecule has 2 aromatic carbocycles. The lowest BCUT2D eigenvalue weighted by Gasteiger charge is -2.07. The van der Waals surface area contributed by atoms with E-state index in [2.05, 4.69) is 6.92 Å². The van der Waals surface area contributed by atoms with Crippen LogP contribution < -0.4 is 4.74 Å². The van der Waals surface area contributed by atoms with Crippen molar-refractivity contribution < 1.29 is 9.53 Å². The smallest absolute Gasteiger partial charge is 0.193 e. The molecule has 0 aliphatic rings. The molecule has 0 aliphatic carbocycles. The monoisotopic (exact) mass is 316 g/mol. The summed E-state index contributed by atoms with van der Waals surface area (Å²) in [6.45, 7) is 2.92. The van der Waals surface area contributed by atoms with Crippen LogP contribution in [-0.2, 0) is 0 Å². The van der Waals surface area contributed by atoms with Crippen LogP contribution >= 0.6 is 11.6 Å². The van der Waals surface area contributed by atoms with Crippen molar-refractivity contribution in [1.82, 2.24) is 0 Å². The van der Waals surface area contributed by atoms with Gasteiger partial charge in [-0.3, -0.25) is 4.79 Å². The largest absolute Gasteiger partial charge is 0.494 e. The molecule has 2 nitrogen and oxygen atoms in total. The molecule has 0 unspecified atom stereocenters. The Morgan fingerprint density at radius 2 is 1.50 bits per heavy atom. The minimum atomic E-state index is -0.00818. The summed E-state index contributed by atoms with van der Waals surface area (Å²) in [5.41, 5.74) is 1.29. The fourth-order valence-electron chi connectivity index (χ4n) is 2.19. The van der Waals surface area contributed by atoms with Gasteiger partial charge < -0.3 is 4.74 Å². The van der Waals surface area contributed by atoms with Crippen LogP contribution in [0.15, 0.2) is 48.5 Å². The van der Waals surface area contributed by atoms with Gasteiger partial charge in [0.15, 0.2) is 5.78 Å². The van der Waals surface area contributed by atoms with E-state index in [0.717, 1.165) is 18.8 Å². The molecular weight excluding hydrogens is 296 g/mol. The molecule has 0 aliphatic heterocycles. The molecule has 3 heteroatoms. The first-order valence-corrected chi connectivity index (χ1v) is 8.11. The van der Waals surface area contributed by atoms with Crippen molar-refractivity contribution in [1.29, 1.82) is 0 Å².